The molecule has 8 nitrogen and oxygen atoms in total. The van der Waals surface area contributed by atoms with Crippen molar-refractivity contribution >= 4 is 12.1 Å². The Kier molecular flexibility index (Phi) is 10.8. The summed E-state index contributed by atoms with van der Waals surface area (Å²) >= 11 is 0. The number of amides is 1. The third kappa shape index (κ3) is 11.3. The van der Waals surface area contributed by atoms with Crippen molar-refractivity contribution in [3.05, 3.63) is 29.8 Å². The second kappa shape index (κ2) is 12.8. The minimum absolute atomic E-state index is 0.425. The molecule has 8 heteroatoms. The summed E-state index contributed by atoms with van der Waals surface area (Å²) < 4.78 is 16.0. The normalized spacial score (nSPS) is 11.7. The van der Waals surface area contributed by atoms with Crippen molar-refractivity contribution in [2.75, 3.05) is 40.4 Å². The van der Waals surface area contributed by atoms with Crippen LogP contribution in [0.1, 0.15) is 32.8 Å². The number of carbonyl (C=O) groups is 1. The highest BCUT2D eigenvalue weighted by atomic mass is 16.6. The Morgan fingerprint density at radius 1 is 1.04 bits per heavy atom. The van der Waals surface area contributed by atoms with Crippen LogP contribution in [0.4, 0.5) is 4.79 Å². The molecule has 0 saturated heterocycles. The summed E-state index contributed by atoms with van der Waals surface area (Å²) in [4.78, 5) is 15.7. The van der Waals surface area contributed by atoms with E-state index in [-0.39, 0.29) is 0 Å². The van der Waals surface area contributed by atoms with Gasteiger partial charge >= 0.3 is 6.09 Å². The number of nitrogens with one attached hydrogen (secondary N) is 3. The van der Waals surface area contributed by atoms with E-state index in [2.05, 4.69) is 20.9 Å². The van der Waals surface area contributed by atoms with Crippen LogP contribution >= 0.6 is 0 Å². The Balaban J connectivity index is 2.07. The number of hydrogen-bond acceptors (Lipinski definition) is 5. The van der Waals surface area contributed by atoms with E-state index in [1.807, 2.05) is 45.0 Å². The molecule has 1 rings (SSSR count). The molecule has 0 unspecified atom stereocenters. The van der Waals surface area contributed by atoms with Crippen molar-refractivity contribution < 1.29 is 19.0 Å². The molecule has 0 aliphatic rings. The molecule has 0 aliphatic carbocycles. The lowest BCUT2D eigenvalue weighted by Gasteiger charge is -2.19. The van der Waals surface area contributed by atoms with Crippen LogP contribution in [0.15, 0.2) is 29.3 Å². The molecule has 1 amide bonds. The second-order valence-corrected chi connectivity index (χ2v) is 7.11. The fraction of sp³-hybridized carbons (Fsp3) is 0.600. The number of aliphatic imine (C=N–C) groups is 1. The van der Waals surface area contributed by atoms with E-state index < -0.39 is 11.7 Å². The van der Waals surface area contributed by atoms with Crippen LogP contribution in [0, 0.1) is 0 Å². The largest absolute Gasteiger partial charge is 0.497 e. The van der Waals surface area contributed by atoms with E-state index in [4.69, 9.17) is 14.2 Å². The lowest BCUT2D eigenvalue weighted by Crippen LogP contribution is -2.42. The first kappa shape index (κ1) is 23.6. The summed E-state index contributed by atoms with van der Waals surface area (Å²) in [6.07, 6.45) is 0.429. The SMILES string of the molecule is CN=C(NCCCOCc1ccc(OC)cc1)NCCNC(=O)OC(C)(C)C. The number of nitrogens with zero attached hydrogens (tertiary/aromatic N) is 1. The van der Waals surface area contributed by atoms with Gasteiger partial charge in [0, 0.05) is 33.3 Å². The van der Waals surface area contributed by atoms with Gasteiger partial charge in [-0.3, -0.25) is 4.99 Å². The molecule has 0 radical (unpaired) electrons. The first-order valence-corrected chi connectivity index (χ1v) is 9.46. The third-order valence-corrected chi connectivity index (χ3v) is 3.49. The van der Waals surface area contributed by atoms with Gasteiger partial charge in [0.15, 0.2) is 5.96 Å². The molecule has 0 spiro atoms. The molecular formula is C20H34N4O4. The minimum atomic E-state index is -0.495. The van der Waals surface area contributed by atoms with Gasteiger partial charge in [-0.1, -0.05) is 12.1 Å². The topological polar surface area (TPSA) is 93.2 Å². The summed E-state index contributed by atoms with van der Waals surface area (Å²) in [6, 6.07) is 7.84. The monoisotopic (exact) mass is 394 g/mol. The second-order valence-electron chi connectivity index (χ2n) is 7.11. The molecule has 0 atom stereocenters. The number of alkyl carbamates (subject to hydrolysis) is 1. The van der Waals surface area contributed by atoms with Crippen molar-refractivity contribution in [1.82, 2.24) is 16.0 Å². The van der Waals surface area contributed by atoms with Gasteiger partial charge in [0.1, 0.15) is 11.4 Å². The summed E-state index contributed by atoms with van der Waals surface area (Å²) in [6.45, 7) is 8.45. The van der Waals surface area contributed by atoms with Gasteiger partial charge < -0.3 is 30.2 Å². The van der Waals surface area contributed by atoms with E-state index in [1.165, 1.54) is 0 Å². The van der Waals surface area contributed by atoms with Gasteiger partial charge in [0.05, 0.1) is 13.7 Å². The molecule has 0 saturated carbocycles. The lowest BCUT2D eigenvalue weighted by molar-refractivity contribution is 0.0529. The maximum Gasteiger partial charge on any atom is 0.407 e. The summed E-state index contributed by atoms with van der Waals surface area (Å²) in [5, 5.41) is 9.03. The van der Waals surface area contributed by atoms with Gasteiger partial charge in [0.25, 0.3) is 0 Å². The molecular weight excluding hydrogens is 360 g/mol. The van der Waals surface area contributed by atoms with Gasteiger partial charge in [0.2, 0.25) is 0 Å². The van der Waals surface area contributed by atoms with E-state index in [0.29, 0.717) is 32.3 Å². The quantitative estimate of drug-likeness (QED) is 0.320. The van der Waals surface area contributed by atoms with E-state index in [0.717, 1.165) is 24.3 Å². The fourth-order valence-electron chi connectivity index (χ4n) is 2.17. The molecule has 1 aromatic rings. The summed E-state index contributed by atoms with van der Waals surface area (Å²) in [5.74, 6) is 1.52. The summed E-state index contributed by atoms with van der Waals surface area (Å²) in [5.41, 5.74) is 0.619. The van der Waals surface area contributed by atoms with Crippen LogP contribution in [0.3, 0.4) is 0 Å². The van der Waals surface area contributed by atoms with Crippen molar-refractivity contribution in [3.63, 3.8) is 0 Å². The first-order valence-electron chi connectivity index (χ1n) is 9.46. The van der Waals surface area contributed by atoms with Crippen molar-refractivity contribution in [1.29, 1.82) is 0 Å². The molecule has 28 heavy (non-hydrogen) atoms. The smallest absolute Gasteiger partial charge is 0.407 e. The lowest BCUT2D eigenvalue weighted by atomic mass is 10.2. The Morgan fingerprint density at radius 3 is 2.29 bits per heavy atom. The van der Waals surface area contributed by atoms with Crippen LogP contribution in [0.5, 0.6) is 5.75 Å². The first-order chi connectivity index (χ1) is 13.3. The van der Waals surface area contributed by atoms with E-state index in [1.54, 1.807) is 14.2 Å². The molecule has 0 aliphatic heterocycles. The average Bonchev–Trinajstić information content (AvgIpc) is 2.65. The van der Waals surface area contributed by atoms with Gasteiger partial charge in [-0.15, -0.1) is 0 Å². The van der Waals surface area contributed by atoms with Gasteiger partial charge in [-0.2, -0.15) is 0 Å². The van der Waals surface area contributed by atoms with E-state index in [9.17, 15) is 4.79 Å². The molecule has 0 fully saturated rings. The Hall–Kier alpha value is -2.48. The van der Waals surface area contributed by atoms with Crippen LogP contribution in [-0.4, -0.2) is 58.1 Å². The average molecular weight is 395 g/mol. The predicted octanol–water partition coefficient (Wildman–Crippen LogP) is 2.29. The number of benzene rings is 1. The minimum Gasteiger partial charge on any atom is -0.497 e. The highest BCUT2D eigenvalue weighted by Crippen LogP contribution is 2.11. The number of carbonyl (C=O) groups excluding carboxylic acids is 1. The standard InChI is InChI=1S/C20H34N4O4/c1-20(2,3)28-19(25)24-13-12-23-18(21-4)22-11-6-14-27-15-16-7-9-17(26-5)10-8-16/h7-10H,6,11-15H2,1-5H3,(H,24,25)(H2,21,22,23). The Morgan fingerprint density at radius 2 is 1.68 bits per heavy atom. The molecule has 0 aromatic heterocycles. The van der Waals surface area contributed by atoms with Crippen molar-refractivity contribution in [2.24, 2.45) is 4.99 Å². The fourth-order valence-corrected chi connectivity index (χ4v) is 2.17. The summed E-state index contributed by atoms with van der Waals surface area (Å²) in [7, 11) is 3.36. The van der Waals surface area contributed by atoms with Crippen molar-refractivity contribution in [2.45, 2.75) is 39.4 Å². The van der Waals surface area contributed by atoms with Crippen LogP contribution in [0.25, 0.3) is 0 Å². The predicted molar refractivity (Wildman–Crippen MR) is 111 cm³/mol. The number of hydrogen-bond donors (Lipinski definition) is 3. The highest BCUT2D eigenvalue weighted by molar-refractivity contribution is 5.79. The number of rotatable bonds is 10. The van der Waals surface area contributed by atoms with Crippen LogP contribution in [0.2, 0.25) is 0 Å². The zero-order chi connectivity index (χ0) is 20.8. The zero-order valence-corrected chi connectivity index (χ0v) is 17.6. The Labute approximate surface area is 168 Å². The van der Waals surface area contributed by atoms with Gasteiger partial charge in [-0.05, 0) is 44.9 Å². The maximum atomic E-state index is 11.6. The Bertz CT molecular complexity index is 597. The number of methoxy groups -OCH3 is 1. The highest BCUT2D eigenvalue weighted by Gasteiger charge is 2.15. The molecule has 3 N–H and O–H groups in total. The van der Waals surface area contributed by atoms with E-state index >= 15 is 0 Å². The molecule has 158 valence electrons. The number of guanidine groups is 1. The third-order valence-electron chi connectivity index (χ3n) is 3.49. The molecule has 1 aromatic carbocycles. The van der Waals surface area contributed by atoms with Crippen molar-refractivity contribution in [3.8, 4) is 5.75 Å². The number of ether oxygens (including phenoxy) is 3. The molecule has 0 heterocycles. The molecule has 0 bridgehead atoms. The van der Waals surface area contributed by atoms with Crippen LogP contribution < -0.4 is 20.7 Å². The van der Waals surface area contributed by atoms with Crippen LogP contribution in [-0.2, 0) is 16.1 Å². The maximum absolute atomic E-state index is 11.6. The van der Waals surface area contributed by atoms with Gasteiger partial charge in [-0.25, -0.2) is 4.79 Å². The zero-order valence-electron chi connectivity index (χ0n) is 17.6.